The molecule has 0 aliphatic heterocycles. The van der Waals surface area contributed by atoms with Crippen molar-refractivity contribution in [3.8, 4) is 16.5 Å². The Labute approximate surface area is 110 Å². The highest BCUT2D eigenvalue weighted by Gasteiger charge is 2.03. The molecule has 0 atom stereocenters. The van der Waals surface area contributed by atoms with Crippen LogP contribution in [0, 0.1) is 11.3 Å². The molecule has 3 aromatic rings. The molecule has 1 aromatic heterocycles. The molecule has 0 unspecified atom stereocenters. The summed E-state index contributed by atoms with van der Waals surface area (Å²) in [6.45, 7) is 0. The van der Waals surface area contributed by atoms with E-state index < -0.39 is 0 Å². The van der Waals surface area contributed by atoms with E-state index in [-0.39, 0.29) is 0 Å². The Balaban J connectivity index is 2.01. The molecule has 0 saturated carbocycles. The summed E-state index contributed by atoms with van der Waals surface area (Å²) in [5.41, 5.74) is 2.29. The van der Waals surface area contributed by atoms with E-state index in [0.29, 0.717) is 6.42 Å². The van der Waals surface area contributed by atoms with Crippen molar-refractivity contribution in [1.29, 1.82) is 5.26 Å². The van der Waals surface area contributed by atoms with Gasteiger partial charge in [-0.1, -0.05) is 42.5 Å². The summed E-state index contributed by atoms with van der Waals surface area (Å²) in [5.74, 6) is 0. The van der Waals surface area contributed by atoms with Gasteiger partial charge in [-0.3, -0.25) is 0 Å². The minimum atomic E-state index is 0.479. The smallest absolute Gasteiger partial charge is 0.0669 e. The molecular weight excluding hydrogens is 238 g/mol. The zero-order valence-corrected chi connectivity index (χ0v) is 10.6. The normalized spacial score (nSPS) is 10.4. The van der Waals surface area contributed by atoms with Crippen LogP contribution in [0.3, 0.4) is 0 Å². The van der Waals surface area contributed by atoms with Crippen LogP contribution in [0.5, 0.6) is 0 Å². The molecule has 0 amide bonds. The molecule has 3 rings (SSSR count). The predicted octanol–water partition coefficient (Wildman–Crippen LogP) is 4.63. The number of fused-ring (bicyclic) bond motifs is 1. The standard InChI is InChI=1S/C16H11NS/c17-10-9-12-5-7-13(8-6-12)16-11-14-3-1-2-4-15(14)18-16/h1-8,11H,9H2. The maximum absolute atomic E-state index is 8.65. The molecule has 2 aromatic carbocycles. The van der Waals surface area contributed by atoms with Crippen molar-refractivity contribution in [2.75, 3.05) is 0 Å². The molecule has 86 valence electrons. The van der Waals surface area contributed by atoms with Crippen LogP contribution >= 0.6 is 11.3 Å². The van der Waals surface area contributed by atoms with Crippen LogP contribution in [-0.2, 0) is 6.42 Å². The third-order valence-corrected chi connectivity index (χ3v) is 4.11. The second kappa shape index (κ2) is 4.64. The van der Waals surface area contributed by atoms with Gasteiger partial charge in [0.15, 0.2) is 0 Å². The van der Waals surface area contributed by atoms with Gasteiger partial charge in [-0.25, -0.2) is 0 Å². The summed E-state index contributed by atoms with van der Waals surface area (Å²) in [7, 11) is 0. The summed E-state index contributed by atoms with van der Waals surface area (Å²) >= 11 is 1.80. The number of nitrogens with zero attached hydrogens (tertiary/aromatic N) is 1. The highest BCUT2D eigenvalue weighted by Crippen LogP contribution is 2.33. The number of nitriles is 1. The molecule has 0 aliphatic carbocycles. The van der Waals surface area contributed by atoms with Crippen LogP contribution in [0.15, 0.2) is 54.6 Å². The molecule has 1 heterocycles. The minimum Gasteiger partial charge on any atom is -0.198 e. The second-order valence-corrected chi connectivity index (χ2v) is 5.26. The van der Waals surface area contributed by atoms with Crippen LogP contribution in [0.25, 0.3) is 20.5 Å². The quantitative estimate of drug-likeness (QED) is 0.649. The second-order valence-electron chi connectivity index (χ2n) is 4.18. The minimum absolute atomic E-state index is 0.479. The van der Waals surface area contributed by atoms with Crippen LogP contribution < -0.4 is 0 Å². The van der Waals surface area contributed by atoms with Crippen molar-refractivity contribution >= 4 is 21.4 Å². The lowest BCUT2D eigenvalue weighted by Crippen LogP contribution is -1.80. The molecule has 18 heavy (non-hydrogen) atoms. The van der Waals surface area contributed by atoms with Crippen molar-refractivity contribution < 1.29 is 0 Å². The molecule has 0 spiro atoms. The largest absolute Gasteiger partial charge is 0.198 e. The lowest BCUT2D eigenvalue weighted by molar-refractivity contribution is 1.26. The van der Waals surface area contributed by atoms with Gasteiger partial charge < -0.3 is 0 Å². The fraction of sp³-hybridized carbons (Fsp3) is 0.0625. The number of rotatable bonds is 2. The fourth-order valence-corrected chi connectivity index (χ4v) is 3.07. The van der Waals surface area contributed by atoms with E-state index in [0.717, 1.165) is 5.56 Å². The molecule has 0 saturated heterocycles. The van der Waals surface area contributed by atoms with Crippen LogP contribution in [0.2, 0.25) is 0 Å². The highest BCUT2D eigenvalue weighted by atomic mass is 32.1. The van der Waals surface area contributed by atoms with E-state index in [1.54, 1.807) is 11.3 Å². The number of hydrogen-bond donors (Lipinski definition) is 0. The molecule has 0 N–H and O–H groups in total. The monoisotopic (exact) mass is 249 g/mol. The Kier molecular flexibility index (Phi) is 2.84. The summed E-state index contributed by atoms with van der Waals surface area (Å²) < 4.78 is 1.31. The average molecular weight is 249 g/mol. The van der Waals surface area contributed by atoms with Crippen molar-refractivity contribution in [2.45, 2.75) is 6.42 Å². The Bertz CT molecular complexity index is 684. The highest BCUT2D eigenvalue weighted by molar-refractivity contribution is 7.22. The third-order valence-electron chi connectivity index (χ3n) is 2.95. The topological polar surface area (TPSA) is 23.8 Å². The lowest BCUT2D eigenvalue weighted by Gasteiger charge is -1.98. The van der Waals surface area contributed by atoms with Gasteiger partial charge >= 0.3 is 0 Å². The van der Waals surface area contributed by atoms with Gasteiger partial charge in [0, 0.05) is 9.58 Å². The van der Waals surface area contributed by atoms with Crippen LogP contribution in [0.1, 0.15) is 5.56 Å². The van der Waals surface area contributed by atoms with Crippen molar-refractivity contribution in [3.05, 3.63) is 60.2 Å². The molecule has 0 bridgehead atoms. The first-order valence-corrected chi connectivity index (χ1v) is 6.63. The molecule has 0 aliphatic rings. The third kappa shape index (κ3) is 2.01. The first kappa shape index (κ1) is 11.0. The Morgan fingerprint density at radius 3 is 2.50 bits per heavy atom. The van der Waals surface area contributed by atoms with E-state index in [1.807, 2.05) is 12.1 Å². The van der Waals surface area contributed by atoms with Gasteiger partial charge in [0.25, 0.3) is 0 Å². The zero-order chi connectivity index (χ0) is 12.4. The maximum Gasteiger partial charge on any atom is 0.0669 e. The lowest BCUT2D eigenvalue weighted by atomic mass is 10.1. The van der Waals surface area contributed by atoms with E-state index in [2.05, 4.69) is 48.5 Å². The summed E-state index contributed by atoms with van der Waals surface area (Å²) in [4.78, 5) is 1.28. The predicted molar refractivity (Wildman–Crippen MR) is 76.6 cm³/mol. The molecule has 0 radical (unpaired) electrons. The number of hydrogen-bond acceptors (Lipinski definition) is 2. The van der Waals surface area contributed by atoms with Crippen molar-refractivity contribution in [1.82, 2.24) is 0 Å². The average Bonchev–Trinajstić information content (AvgIpc) is 2.84. The van der Waals surface area contributed by atoms with Crippen LogP contribution in [-0.4, -0.2) is 0 Å². The van der Waals surface area contributed by atoms with Crippen molar-refractivity contribution in [2.24, 2.45) is 0 Å². The van der Waals surface area contributed by atoms with Crippen molar-refractivity contribution in [3.63, 3.8) is 0 Å². The maximum atomic E-state index is 8.65. The van der Waals surface area contributed by atoms with E-state index in [4.69, 9.17) is 5.26 Å². The number of benzene rings is 2. The number of thiophene rings is 1. The van der Waals surface area contributed by atoms with Gasteiger partial charge in [0.05, 0.1) is 12.5 Å². The molecule has 0 fully saturated rings. The van der Waals surface area contributed by atoms with Crippen LogP contribution in [0.4, 0.5) is 0 Å². The van der Waals surface area contributed by atoms with Gasteiger partial charge in [-0.05, 0) is 28.6 Å². The van der Waals surface area contributed by atoms with Gasteiger partial charge in [-0.15, -0.1) is 11.3 Å². The van der Waals surface area contributed by atoms with E-state index in [9.17, 15) is 0 Å². The Morgan fingerprint density at radius 2 is 1.78 bits per heavy atom. The molecular formula is C16H11NS. The first-order chi connectivity index (χ1) is 8.86. The van der Waals surface area contributed by atoms with E-state index >= 15 is 0 Å². The zero-order valence-electron chi connectivity index (χ0n) is 9.76. The Morgan fingerprint density at radius 1 is 1.00 bits per heavy atom. The summed E-state index contributed by atoms with van der Waals surface area (Å²) in [5, 5.41) is 9.94. The van der Waals surface area contributed by atoms with E-state index in [1.165, 1.54) is 20.5 Å². The SMILES string of the molecule is N#CCc1ccc(-c2cc3ccccc3s2)cc1. The molecule has 2 heteroatoms. The Hall–Kier alpha value is -2.11. The van der Waals surface area contributed by atoms with Gasteiger partial charge in [-0.2, -0.15) is 5.26 Å². The molecule has 1 nitrogen and oxygen atoms in total. The fourth-order valence-electron chi connectivity index (χ4n) is 2.00. The van der Waals surface area contributed by atoms with Gasteiger partial charge in [0.2, 0.25) is 0 Å². The first-order valence-electron chi connectivity index (χ1n) is 5.82. The van der Waals surface area contributed by atoms with Gasteiger partial charge in [0.1, 0.15) is 0 Å². The summed E-state index contributed by atoms with van der Waals surface area (Å²) in [6.07, 6.45) is 0.479. The summed E-state index contributed by atoms with van der Waals surface area (Å²) in [6, 6.07) is 21.1.